The van der Waals surface area contributed by atoms with Crippen LogP contribution in [0.4, 0.5) is 5.69 Å². The molecule has 0 saturated carbocycles. The van der Waals surface area contributed by atoms with E-state index in [0.29, 0.717) is 42.3 Å². The molecule has 2 aromatic carbocycles. The van der Waals surface area contributed by atoms with Crippen LogP contribution in [-0.4, -0.2) is 58.7 Å². The van der Waals surface area contributed by atoms with Gasteiger partial charge in [-0.1, -0.05) is 29.5 Å². The van der Waals surface area contributed by atoms with E-state index in [-0.39, 0.29) is 18.4 Å². The Hall–Kier alpha value is -4.31. The normalized spacial score (nSPS) is 11.7. The number of anilines is 1. The number of fused-ring (bicyclic) bond motifs is 1. The summed E-state index contributed by atoms with van der Waals surface area (Å²) in [5.41, 5.74) is 2.50. The molecule has 0 aliphatic rings. The van der Waals surface area contributed by atoms with E-state index < -0.39 is 6.04 Å². The van der Waals surface area contributed by atoms with Gasteiger partial charge in [-0.05, 0) is 48.9 Å². The van der Waals surface area contributed by atoms with Crippen molar-refractivity contribution in [2.45, 2.75) is 19.5 Å². The highest BCUT2D eigenvalue weighted by Gasteiger charge is 2.33. The molecule has 0 aliphatic heterocycles. The fourth-order valence-electron chi connectivity index (χ4n) is 3.88. The fraction of sp³-hybridized carbons (Fsp3) is 0.269. The maximum Gasteiger partial charge on any atom is 0.249 e. The van der Waals surface area contributed by atoms with Crippen LogP contribution >= 0.6 is 0 Å². The van der Waals surface area contributed by atoms with Crippen molar-refractivity contribution < 1.29 is 19.1 Å². The topological polar surface area (TPSA) is 111 Å². The molecule has 4 rings (SSSR count). The molecule has 2 amide bonds. The number of hydrogen-bond acceptors (Lipinski definition) is 7. The first-order chi connectivity index (χ1) is 17.6. The second-order valence-corrected chi connectivity index (χ2v) is 7.90. The molecule has 1 N–H and O–H groups in total. The predicted molar refractivity (Wildman–Crippen MR) is 134 cm³/mol. The molecule has 0 radical (unpaired) electrons. The number of para-hydroxylation sites is 1. The van der Waals surface area contributed by atoms with Crippen molar-refractivity contribution in [1.29, 1.82) is 0 Å². The lowest BCUT2D eigenvalue weighted by Crippen LogP contribution is -2.46. The molecule has 2 aromatic heterocycles. The van der Waals surface area contributed by atoms with Crippen molar-refractivity contribution in [3.63, 3.8) is 0 Å². The highest BCUT2D eigenvalue weighted by atomic mass is 16.5. The molecular formula is C26H28N6O4. The summed E-state index contributed by atoms with van der Waals surface area (Å²) in [4.78, 5) is 33.0. The van der Waals surface area contributed by atoms with Crippen LogP contribution in [0.3, 0.4) is 0 Å². The Balaban J connectivity index is 1.74. The van der Waals surface area contributed by atoms with Crippen LogP contribution in [0.5, 0.6) is 5.75 Å². The standard InChI is InChI=1S/C26H28N6O4/c1-3-36-21-12-10-19(11-13-21)25(26(34)28-15-16-35-2)32(20-7-6-14-27-17-20)24(33)18-31-23-9-5-4-8-22(23)29-30-31/h4-14,17,25H,3,15-16,18H2,1-2H3,(H,28,34)/t25-/m0/s1. The number of carbonyl (C=O) groups excluding carboxylic acids is 2. The molecule has 186 valence electrons. The monoisotopic (exact) mass is 488 g/mol. The SMILES string of the molecule is CCOc1ccc([C@@H](C(=O)NCCOC)N(C(=O)Cn2nnc3ccccc32)c2cccnc2)cc1. The minimum absolute atomic E-state index is 0.117. The molecule has 4 aromatic rings. The molecule has 0 bridgehead atoms. The third-order valence-corrected chi connectivity index (χ3v) is 5.52. The second kappa shape index (κ2) is 11.9. The zero-order valence-corrected chi connectivity index (χ0v) is 20.2. The molecular weight excluding hydrogens is 460 g/mol. The Morgan fingerprint density at radius 2 is 1.89 bits per heavy atom. The molecule has 2 heterocycles. The highest BCUT2D eigenvalue weighted by molar-refractivity contribution is 6.01. The summed E-state index contributed by atoms with van der Waals surface area (Å²) in [5, 5.41) is 11.2. The molecule has 0 fully saturated rings. The van der Waals surface area contributed by atoms with Gasteiger partial charge in [-0.2, -0.15) is 0 Å². The third-order valence-electron chi connectivity index (χ3n) is 5.52. The number of hydrogen-bond donors (Lipinski definition) is 1. The number of amides is 2. The molecule has 1 atom stereocenters. The van der Waals surface area contributed by atoms with E-state index in [2.05, 4.69) is 20.6 Å². The number of pyridine rings is 1. The summed E-state index contributed by atoms with van der Waals surface area (Å²) in [6.45, 7) is 2.94. The van der Waals surface area contributed by atoms with Crippen LogP contribution in [0.1, 0.15) is 18.5 Å². The average molecular weight is 489 g/mol. The van der Waals surface area contributed by atoms with Crippen molar-refractivity contribution in [3.8, 4) is 5.75 Å². The summed E-state index contributed by atoms with van der Waals surface area (Å²) in [6.07, 6.45) is 3.17. The van der Waals surface area contributed by atoms with Crippen molar-refractivity contribution in [2.75, 3.05) is 31.8 Å². The minimum Gasteiger partial charge on any atom is -0.494 e. The van der Waals surface area contributed by atoms with Crippen LogP contribution in [0.25, 0.3) is 11.0 Å². The Morgan fingerprint density at radius 3 is 2.61 bits per heavy atom. The molecule has 0 saturated heterocycles. The summed E-state index contributed by atoms with van der Waals surface area (Å²) in [6, 6.07) is 17.0. The number of carbonyl (C=O) groups is 2. The number of methoxy groups -OCH3 is 1. The van der Waals surface area contributed by atoms with E-state index in [1.807, 2.05) is 31.2 Å². The van der Waals surface area contributed by atoms with E-state index in [4.69, 9.17) is 9.47 Å². The maximum atomic E-state index is 13.9. The quantitative estimate of drug-likeness (QED) is 0.323. The van der Waals surface area contributed by atoms with Gasteiger partial charge in [-0.15, -0.1) is 5.10 Å². The molecule has 10 nitrogen and oxygen atoms in total. The second-order valence-electron chi connectivity index (χ2n) is 7.90. The Kier molecular flexibility index (Phi) is 8.20. The molecule has 0 aliphatic carbocycles. The number of benzene rings is 2. The number of nitrogens with zero attached hydrogens (tertiary/aromatic N) is 5. The average Bonchev–Trinajstić information content (AvgIpc) is 3.31. The van der Waals surface area contributed by atoms with Gasteiger partial charge in [0, 0.05) is 19.9 Å². The first-order valence-electron chi connectivity index (χ1n) is 11.6. The zero-order valence-electron chi connectivity index (χ0n) is 20.2. The number of ether oxygens (including phenoxy) is 2. The number of aromatic nitrogens is 4. The predicted octanol–water partition coefficient (Wildman–Crippen LogP) is 2.76. The minimum atomic E-state index is -0.969. The molecule has 10 heteroatoms. The van der Waals surface area contributed by atoms with Gasteiger partial charge in [0.1, 0.15) is 23.9 Å². The van der Waals surface area contributed by atoms with Gasteiger partial charge < -0.3 is 14.8 Å². The van der Waals surface area contributed by atoms with E-state index >= 15 is 0 Å². The van der Waals surface area contributed by atoms with Crippen molar-refractivity contribution in [2.24, 2.45) is 0 Å². The van der Waals surface area contributed by atoms with Crippen LogP contribution in [0, 0.1) is 0 Å². The molecule has 0 spiro atoms. The van der Waals surface area contributed by atoms with E-state index in [1.165, 1.54) is 9.58 Å². The van der Waals surface area contributed by atoms with Crippen LogP contribution in [0.15, 0.2) is 73.1 Å². The maximum absolute atomic E-state index is 13.9. The van der Waals surface area contributed by atoms with Crippen LogP contribution in [-0.2, 0) is 20.9 Å². The molecule has 0 unspecified atom stereocenters. The first kappa shape index (κ1) is 24.8. The van der Waals surface area contributed by atoms with Crippen LogP contribution in [0.2, 0.25) is 0 Å². The van der Waals surface area contributed by atoms with Crippen molar-refractivity contribution >= 4 is 28.5 Å². The lowest BCUT2D eigenvalue weighted by atomic mass is 10.0. The van der Waals surface area contributed by atoms with Gasteiger partial charge in [0.25, 0.3) is 0 Å². The van der Waals surface area contributed by atoms with E-state index in [1.54, 1.807) is 55.9 Å². The van der Waals surface area contributed by atoms with Crippen molar-refractivity contribution in [1.82, 2.24) is 25.3 Å². The number of rotatable bonds is 11. The van der Waals surface area contributed by atoms with E-state index in [0.717, 1.165) is 5.52 Å². The van der Waals surface area contributed by atoms with Crippen LogP contribution < -0.4 is 15.0 Å². The Morgan fingerprint density at radius 1 is 1.08 bits per heavy atom. The third kappa shape index (κ3) is 5.66. The van der Waals surface area contributed by atoms with Gasteiger partial charge in [-0.25, -0.2) is 4.68 Å². The van der Waals surface area contributed by atoms with Gasteiger partial charge in [0.15, 0.2) is 0 Å². The van der Waals surface area contributed by atoms with Crippen molar-refractivity contribution in [3.05, 3.63) is 78.6 Å². The number of nitrogens with one attached hydrogen (secondary N) is 1. The summed E-state index contributed by atoms with van der Waals surface area (Å²) >= 11 is 0. The van der Waals surface area contributed by atoms with Gasteiger partial charge >= 0.3 is 0 Å². The first-order valence-corrected chi connectivity index (χ1v) is 11.6. The summed E-state index contributed by atoms with van der Waals surface area (Å²) in [7, 11) is 1.56. The summed E-state index contributed by atoms with van der Waals surface area (Å²) in [5.74, 6) is -0.0237. The Labute approximate surface area is 208 Å². The molecule has 36 heavy (non-hydrogen) atoms. The highest BCUT2D eigenvalue weighted by Crippen LogP contribution is 2.29. The van der Waals surface area contributed by atoms with Gasteiger partial charge in [0.2, 0.25) is 11.8 Å². The largest absolute Gasteiger partial charge is 0.494 e. The fourth-order valence-corrected chi connectivity index (χ4v) is 3.88. The Bertz CT molecular complexity index is 1290. The van der Waals surface area contributed by atoms with E-state index in [9.17, 15) is 9.59 Å². The van der Waals surface area contributed by atoms with Gasteiger partial charge in [0.05, 0.1) is 30.6 Å². The summed E-state index contributed by atoms with van der Waals surface area (Å²) < 4.78 is 12.2. The van der Waals surface area contributed by atoms with Gasteiger partial charge in [-0.3, -0.25) is 19.5 Å². The smallest absolute Gasteiger partial charge is 0.249 e. The zero-order chi connectivity index (χ0) is 25.3. The lowest BCUT2D eigenvalue weighted by Gasteiger charge is -2.31. The lowest BCUT2D eigenvalue weighted by molar-refractivity contribution is -0.127.